The fourth-order valence-corrected chi connectivity index (χ4v) is 2.73. The Balaban J connectivity index is 1.92. The number of benzene rings is 3. The van der Waals surface area contributed by atoms with E-state index in [1.165, 1.54) is 0 Å². The summed E-state index contributed by atoms with van der Waals surface area (Å²) in [6.45, 7) is 3.81. The topological polar surface area (TPSA) is 52.3 Å². The van der Waals surface area contributed by atoms with Crippen molar-refractivity contribution in [1.82, 2.24) is 0 Å². The van der Waals surface area contributed by atoms with Gasteiger partial charge in [-0.2, -0.15) is 0 Å². The highest BCUT2D eigenvalue weighted by Gasteiger charge is 2.19. The maximum atomic E-state index is 12.8. The van der Waals surface area contributed by atoms with Crippen LogP contribution in [0.1, 0.15) is 22.8 Å². The van der Waals surface area contributed by atoms with E-state index in [0.29, 0.717) is 17.0 Å². The van der Waals surface area contributed by atoms with Crippen LogP contribution in [0.25, 0.3) is 10.8 Å². The molecule has 1 atom stereocenters. The Morgan fingerprint density at radius 3 is 2.48 bits per heavy atom. The molecule has 0 aliphatic rings. The van der Waals surface area contributed by atoms with Gasteiger partial charge in [0.2, 0.25) is 5.78 Å². The van der Waals surface area contributed by atoms with Crippen molar-refractivity contribution in [3.8, 4) is 5.75 Å². The van der Waals surface area contributed by atoms with Crippen LogP contribution in [-0.4, -0.2) is 11.9 Å². The maximum absolute atomic E-state index is 12.8. The highest BCUT2D eigenvalue weighted by atomic mass is 16.5. The van der Waals surface area contributed by atoms with Crippen molar-refractivity contribution in [3.63, 3.8) is 0 Å². The van der Waals surface area contributed by atoms with Gasteiger partial charge < -0.3 is 10.5 Å². The van der Waals surface area contributed by atoms with Gasteiger partial charge in [0.15, 0.2) is 6.10 Å². The maximum Gasteiger partial charge on any atom is 0.203 e. The minimum absolute atomic E-state index is 0.0383. The number of hydrogen-bond acceptors (Lipinski definition) is 3. The fourth-order valence-electron chi connectivity index (χ4n) is 2.73. The first-order valence-electron chi connectivity index (χ1n) is 7.61. The summed E-state index contributed by atoms with van der Waals surface area (Å²) >= 11 is 0. The zero-order valence-corrected chi connectivity index (χ0v) is 13.2. The lowest BCUT2D eigenvalue weighted by molar-refractivity contribution is 0.0820. The molecule has 2 N–H and O–H groups in total. The molecule has 3 aromatic rings. The minimum atomic E-state index is -0.581. The van der Waals surface area contributed by atoms with E-state index < -0.39 is 6.10 Å². The zero-order chi connectivity index (χ0) is 16.4. The predicted molar refractivity (Wildman–Crippen MR) is 94.0 cm³/mol. The molecule has 3 aromatic carbocycles. The average Bonchev–Trinajstić information content (AvgIpc) is 2.55. The second-order valence-corrected chi connectivity index (χ2v) is 5.67. The van der Waals surface area contributed by atoms with Crippen LogP contribution >= 0.6 is 0 Å². The average molecular weight is 305 g/mol. The number of Topliss-reactive ketones (excluding diaryl/α,β-unsaturated/α-hetero) is 1. The number of nitrogen functional groups attached to an aromatic ring is 1. The summed E-state index contributed by atoms with van der Waals surface area (Å²) < 4.78 is 5.76. The van der Waals surface area contributed by atoms with E-state index in [4.69, 9.17) is 10.5 Å². The molecular formula is C20H19NO2. The van der Waals surface area contributed by atoms with Crippen LogP contribution < -0.4 is 10.5 Å². The predicted octanol–water partition coefficient (Wildman–Crippen LogP) is 4.38. The van der Waals surface area contributed by atoms with Crippen LogP contribution in [0.15, 0.2) is 60.7 Å². The first-order chi connectivity index (χ1) is 11.1. The third kappa shape index (κ3) is 3.04. The van der Waals surface area contributed by atoms with Crippen LogP contribution in [0.5, 0.6) is 5.75 Å². The molecule has 23 heavy (non-hydrogen) atoms. The molecule has 0 saturated carbocycles. The first kappa shape index (κ1) is 15.1. The van der Waals surface area contributed by atoms with Gasteiger partial charge in [-0.05, 0) is 42.3 Å². The van der Waals surface area contributed by atoms with Gasteiger partial charge in [0, 0.05) is 17.3 Å². The molecule has 0 fully saturated rings. The molecule has 0 heterocycles. The van der Waals surface area contributed by atoms with Crippen molar-refractivity contribution < 1.29 is 9.53 Å². The minimum Gasteiger partial charge on any atom is -0.482 e. The summed E-state index contributed by atoms with van der Waals surface area (Å²) in [5.74, 6) is 0.561. The Hall–Kier alpha value is -2.81. The summed E-state index contributed by atoms with van der Waals surface area (Å²) in [4.78, 5) is 12.8. The van der Waals surface area contributed by atoms with Gasteiger partial charge in [-0.3, -0.25) is 4.79 Å². The summed E-state index contributed by atoms with van der Waals surface area (Å²) in [6.07, 6.45) is -0.581. The number of ether oxygens (including phenoxy) is 1. The van der Waals surface area contributed by atoms with Crippen LogP contribution in [-0.2, 0) is 0 Å². The van der Waals surface area contributed by atoms with Crippen molar-refractivity contribution in [1.29, 1.82) is 0 Å². The number of hydrogen-bond donors (Lipinski definition) is 1. The third-order valence-corrected chi connectivity index (χ3v) is 3.95. The Labute approximate surface area is 135 Å². The molecule has 0 aliphatic carbocycles. The molecular weight excluding hydrogens is 286 g/mol. The van der Waals surface area contributed by atoms with E-state index in [2.05, 4.69) is 0 Å². The number of carbonyl (C=O) groups excluding carboxylic acids is 1. The standard InChI is InChI=1S/C20H19NO2/c1-13-10-11-19(18-9-4-3-8-17(13)18)20(22)14(2)23-16-7-5-6-15(21)12-16/h3-12,14H,21H2,1-2H3. The first-order valence-corrected chi connectivity index (χ1v) is 7.61. The van der Waals surface area contributed by atoms with Gasteiger partial charge in [-0.15, -0.1) is 0 Å². The fraction of sp³-hybridized carbons (Fsp3) is 0.150. The SMILES string of the molecule is Cc1ccc(C(=O)C(C)Oc2cccc(N)c2)c2ccccc12. The summed E-state index contributed by atoms with van der Waals surface area (Å²) in [5.41, 5.74) is 8.20. The summed E-state index contributed by atoms with van der Waals surface area (Å²) in [7, 11) is 0. The molecule has 0 bridgehead atoms. The molecule has 0 amide bonds. The summed E-state index contributed by atoms with van der Waals surface area (Å²) in [5, 5.41) is 2.05. The van der Waals surface area contributed by atoms with Crippen LogP contribution in [0.2, 0.25) is 0 Å². The van der Waals surface area contributed by atoms with Crippen molar-refractivity contribution in [2.24, 2.45) is 0 Å². The molecule has 0 saturated heterocycles. The quantitative estimate of drug-likeness (QED) is 0.575. The van der Waals surface area contributed by atoms with Gasteiger partial charge in [0.25, 0.3) is 0 Å². The molecule has 3 nitrogen and oxygen atoms in total. The largest absolute Gasteiger partial charge is 0.482 e. The Bertz CT molecular complexity index is 870. The molecule has 0 radical (unpaired) electrons. The van der Waals surface area contributed by atoms with E-state index in [1.54, 1.807) is 25.1 Å². The molecule has 3 heteroatoms. The lowest BCUT2D eigenvalue weighted by Crippen LogP contribution is -2.24. The normalized spacial score (nSPS) is 12.1. The number of carbonyl (C=O) groups is 1. The highest BCUT2D eigenvalue weighted by Crippen LogP contribution is 2.25. The molecule has 1 unspecified atom stereocenters. The van der Waals surface area contributed by atoms with Gasteiger partial charge in [0.05, 0.1) is 0 Å². The number of ketones is 1. The van der Waals surface area contributed by atoms with Crippen molar-refractivity contribution in [3.05, 3.63) is 71.8 Å². The number of fused-ring (bicyclic) bond motifs is 1. The van der Waals surface area contributed by atoms with E-state index >= 15 is 0 Å². The number of aryl methyl sites for hydroxylation is 1. The van der Waals surface area contributed by atoms with E-state index in [-0.39, 0.29) is 5.78 Å². The van der Waals surface area contributed by atoms with E-state index in [9.17, 15) is 4.79 Å². The second kappa shape index (κ2) is 6.13. The Morgan fingerprint density at radius 2 is 1.74 bits per heavy atom. The second-order valence-electron chi connectivity index (χ2n) is 5.67. The number of nitrogens with two attached hydrogens (primary N) is 1. The smallest absolute Gasteiger partial charge is 0.203 e. The molecule has 0 aliphatic heterocycles. The van der Waals surface area contributed by atoms with Gasteiger partial charge in [0.1, 0.15) is 5.75 Å². The van der Waals surface area contributed by atoms with Gasteiger partial charge >= 0.3 is 0 Å². The van der Waals surface area contributed by atoms with Crippen LogP contribution in [0, 0.1) is 6.92 Å². The number of anilines is 1. The van der Waals surface area contributed by atoms with Gasteiger partial charge in [-0.25, -0.2) is 0 Å². The van der Waals surface area contributed by atoms with Crippen LogP contribution in [0.4, 0.5) is 5.69 Å². The Morgan fingerprint density at radius 1 is 1.00 bits per heavy atom. The van der Waals surface area contributed by atoms with E-state index in [0.717, 1.165) is 16.3 Å². The van der Waals surface area contributed by atoms with Crippen molar-refractivity contribution >= 4 is 22.2 Å². The van der Waals surface area contributed by atoms with Crippen molar-refractivity contribution in [2.75, 3.05) is 5.73 Å². The lowest BCUT2D eigenvalue weighted by Gasteiger charge is -2.16. The van der Waals surface area contributed by atoms with E-state index in [1.807, 2.05) is 49.4 Å². The lowest BCUT2D eigenvalue weighted by atomic mass is 9.96. The monoisotopic (exact) mass is 305 g/mol. The van der Waals surface area contributed by atoms with Crippen molar-refractivity contribution in [2.45, 2.75) is 20.0 Å². The summed E-state index contributed by atoms with van der Waals surface area (Å²) in [6, 6.07) is 18.9. The molecule has 0 spiro atoms. The molecule has 0 aromatic heterocycles. The zero-order valence-electron chi connectivity index (χ0n) is 13.2. The number of rotatable bonds is 4. The Kier molecular flexibility index (Phi) is 4.02. The van der Waals surface area contributed by atoms with Gasteiger partial charge in [-0.1, -0.05) is 42.5 Å². The third-order valence-electron chi connectivity index (χ3n) is 3.95. The van der Waals surface area contributed by atoms with Crippen LogP contribution in [0.3, 0.4) is 0 Å². The molecule has 3 rings (SSSR count). The highest BCUT2D eigenvalue weighted by molar-refractivity contribution is 6.10. The molecule has 116 valence electrons.